The lowest BCUT2D eigenvalue weighted by molar-refractivity contribution is -0.0555. The number of benzene rings is 1. The summed E-state index contributed by atoms with van der Waals surface area (Å²) in [4.78, 5) is 20.8. The molecule has 8 nitrogen and oxygen atoms in total. The van der Waals surface area contributed by atoms with Gasteiger partial charge in [0.05, 0.1) is 28.7 Å². The molecule has 0 bridgehead atoms. The van der Waals surface area contributed by atoms with E-state index < -0.39 is 23.0 Å². The number of nitrogens with zero attached hydrogens (tertiary/aromatic N) is 7. The maximum Gasteiger partial charge on any atom is 0.201 e. The Morgan fingerprint density at radius 3 is 2.54 bits per heavy atom. The van der Waals surface area contributed by atoms with Gasteiger partial charge in [0.25, 0.3) is 0 Å². The number of rotatable bonds is 4. The normalized spacial score (nSPS) is 24.0. The van der Waals surface area contributed by atoms with Gasteiger partial charge in [-0.2, -0.15) is 5.10 Å². The van der Waals surface area contributed by atoms with Crippen molar-refractivity contribution >= 4 is 5.78 Å². The predicted octanol–water partition coefficient (Wildman–Crippen LogP) is 3.88. The number of carbonyl (C=O) groups is 1. The van der Waals surface area contributed by atoms with E-state index in [4.69, 9.17) is 5.10 Å². The van der Waals surface area contributed by atoms with Crippen molar-refractivity contribution in [2.75, 3.05) is 0 Å². The smallest absolute Gasteiger partial charge is 0.201 e. The molecular weight excluding hydrogens is 483 g/mol. The van der Waals surface area contributed by atoms with Crippen molar-refractivity contribution < 1.29 is 18.0 Å². The first kappa shape index (κ1) is 22.3. The van der Waals surface area contributed by atoms with Gasteiger partial charge in [0.2, 0.25) is 5.78 Å². The molecule has 0 saturated carbocycles. The summed E-state index contributed by atoms with van der Waals surface area (Å²) in [6, 6.07) is 5.71. The molecule has 0 spiro atoms. The summed E-state index contributed by atoms with van der Waals surface area (Å²) < 4.78 is 45.0. The molecule has 6 heterocycles. The van der Waals surface area contributed by atoms with Gasteiger partial charge in [0.1, 0.15) is 18.3 Å². The Hall–Kier alpha value is -3.86. The quantitative estimate of drug-likeness (QED) is 0.309. The van der Waals surface area contributed by atoms with Crippen molar-refractivity contribution in [1.29, 1.82) is 0 Å². The number of aryl methyl sites for hydroxylation is 2. The SMILES string of the molecule is Cc1cc(-n2cnnc2)cc(C(=O)C23CC[C@H]4Cc5c(nn(C)c5-c5cc(F)c(F)c(F)c5)[C@@H](C2)N43)n1. The highest BCUT2D eigenvalue weighted by Crippen LogP contribution is 2.60. The second kappa shape index (κ2) is 7.58. The Bertz CT molecular complexity index is 1570. The Labute approximate surface area is 209 Å². The van der Waals surface area contributed by atoms with Crippen LogP contribution in [0, 0.1) is 24.4 Å². The van der Waals surface area contributed by atoms with Crippen LogP contribution in [0.3, 0.4) is 0 Å². The van der Waals surface area contributed by atoms with Gasteiger partial charge in [-0.25, -0.2) is 18.2 Å². The number of pyridine rings is 1. The number of Topliss-reactive ketones (excluding diaryl/α,β-unsaturated/α-hetero) is 1. The molecule has 2 saturated heterocycles. The Morgan fingerprint density at radius 1 is 1.08 bits per heavy atom. The van der Waals surface area contributed by atoms with E-state index in [1.54, 1.807) is 35.0 Å². The number of fused-ring (bicyclic) bond motifs is 2. The van der Waals surface area contributed by atoms with Crippen molar-refractivity contribution in [3.8, 4) is 16.9 Å². The Morgan fingerprint density at radius 2 is 1.81 bits per heavy atom. The molecule has 0 radical (unpaired) electrons. The summed E-state index contributed by atoms with van der Waals surface area (Å²) in [6.45, 7) is 1.85. The molecule has 0 N–H and O–H groups in total. The number of hydrogen-bond acceptors (Lipinski definition) is 6. The highest BCUT2D eigenvalue weighted by molar-refractivity contribution is 6.03. The average Bonchev–Trinajstić information content (AvgIpc) is 3.56. The minimum Gasteiger partial charge on any atom is -0.290 e. The van der Waals surface area contributed by atoms with Crippen LogP contribution < -0.4 is 0 Å². The van der Waals surface area contributed by atoms with Gasteiger partial charge in [-0.1, -0.05) is 0 Å². The first-order chi connectivity index (χ1) is 17.8. The third kappa shape index (κ3) is 3.03. The van der Waals surface area contributed by atoms with Crippen molar-refractivity contribution in [3.63, 3.8) is 0 Å². The summed E-state index contributed by atoms with van der Waals surface area (Å²) in [5.74, 6) is -3.95. The molecule has 3 atom stereocenters. The summed E-state index contributed by atoms with van der Waals surface area (Å²) in [5.41, 5.74) is 3.82. The molecule has 188 valence electrons. The minimum absolute atomic E-state index is 0.00782. The van der Waals surface area contributed by atoms with Crippen molar-refractivity contribution in [2.45, 2.75) is 50.2 Å². The number of ketones is 1. The fourth-order valence-corrected chi connectivity index (χ4v) is 6.68. The average molecular weight is 506 g/mol. The maximum absolute atomic E-state index is 14.0. The molecule has 3 aliphatic rings. The van der Waals surface area contributed by atoms with E-state index in [0.29, 0.717) is 30.7 Å². The van der Waals surface area contributed by atoms with Crippen LogP contribution in [-0.2, 0) is 13.5 Å². The number of hydrogen-bond donors (Lipinski definition) is 0. The van der Waals surface area contributed by atoms with Crippen LogP contribution in [0.25, 0.3) is 16.9 Å². The second-order valence-electron chi connectivity index (χ2n) is 10.2. The fourth-order valence-electron chi connectivity index (χ4n) is 6.68. The van der Waals surface area contributed by atoms with Gasteiger partial charge in [0.15, 0.2) is 17.5 Å². The van der Waals surface area contributed by atoms with E-state index in [1.807, 2.05) is 13.0 Å². The molecule has 1 unspecified atom stereocenters. The Kier molecular flexibility index (Phi) is 4.58. The monoisotopic (exact) mass is 505 g/mol. The van der Waals surface area contributed by atoms with Gasteiger partial charge >= 0.3 is 0 Å². The van der Waals surface area contributed by atoms with Crippen LogP contribution in [0.1, 0.15) is 52.7 Å². The van der Waals surface area contributed by atoms with Gasteiger partial charge in [0, 0.05) is 29.9 Å². The maximum atomic E-state index is 14.0. The van der Waals surface area contributed by atoms with E-state index in [-0.39, 0.29) is 23.4 Å². The molecule has 0 aliphatic carbocycles. The van der Waals surface area contributed by atoms with Gasteiger partial charge in [-0.3, -0.25) is 18.9 Å². The van der Waals surface area contributed by atoms with Gasteiger partial charge in [-0.15, -0.1) is 10.2 Å². The highest BCUT2D eigenvalue weighted by Gasteiger charge is 2.65. The number of carbonyl (C=O) groups excluding carboxylic acids is 1. The van der Waals surface area contributed by atoms with Crippen molar-refractivity contribution in [3.05, 3.63) is 77.0 Å². The zero-order valence-electron chi connectivity index (χ0n) is 20.1. The highest BCUT2D eigenvalue weighted by atomic mass is 19.2. The van der Waals surface area contributed by atoms with Crippen LogP contribution in [0.15, 0.2) is 36.9 Å². The molecule has 3 aromatic heterocycles. The lowest BCUT2D eigenvalue weighted by Gasteiger charge is -2.57. The summed E-state index contributed by atoms with van der Waals surface area (Å²) >= 11 is 0. The molecule has 2 fully saturated rings. The first-order valence-corrected chi connectivity index (χ1v) is 12.1. The van der Waals surface area contributed by atoms with Gasteiger partial charge in [-0.05, 0) is 56.9 Å². The Balaban J connectivity index is 1.25. The lowest BCUT2D eigenvalue weighted by Crippen LogP contribution is -2.66. The van der Waals surface area contributed by atoms with E-state index in [0.717, 1.165) is 41.2 Å². The zero-order valence-corrected chi connectivity index (χ0v) is 20.1. The molecule has 3 aliphatic heterocycles. The molecular formula is C26H22F3N7O. The fraction of sp³-hybridized carbons (Fsp3) is 0.346. The van der Waals surface area contributed by atoms with E-state index in [1.165, 1.54) is 0 Å². The number of aromatic nitrogens is 6. The van der Waals surface area contributed by atoms with Crippen molar-refractivity contribution in [1.82, 2.24) is 34.4 Å². The van der Waals surface area contributed by atoms with E-state index >= 15 is 0 Å². The summed E-state index contributed by atoms with van der Waals surface area (Å²) in [7, 11) is 1.72. The van der Waals surface area contributed by atoms with Crippen molar-refractivity contribution in [2.24, 2.45) is 7.05 Å². The topological polar surface area (TPSA) is 81.7 Å². The summed E-state index contributed by atoms with van der Waals surface area (Å²) in [6.07, 6.45) is 5.86. The largest absolute Gasteiger partial charge is 0.290 e. The molecule has 0 amide bonds. The van der Waals surface area contributed by atoms with Crippen LogP contribution in [-0.4, -0.2) is 51.8 Å². The third-order valence-corrected chi connectivity index (χ3v) is 8.14. The molecule has 7 rings (SSSR count). The second-order valence-corrected chi connectivity index (χ2v) is 10.2. The molecule has 1 aromatic carbocycles. The zero-order chi connectivity index (χ0) is 25.6. The lowest BCUT2D eigenvalue weighted by atomic mass is 9.71. The van der Waals surface area contributed by atoms with E-state index in [9.17, 15) is 18.0 Å². The van der Waals surface area contributed by atoms with Crippen LogP contribution in [0.5, 0.6) is 0 Å². The standard InChI is InChI=1S/C26H22F3N7O/c1-13-5-16(35-11-30-31-12-35)9-20(32-13)25(37)26-4-3-15-8-17-23(21(10-26)36(15)26)33-34(2)24(17)14-6-18(27)22(29)19(28)7-14/h5-7,9,11-12,15,21H,3-4,8,10H2,1-2H3/t15-,21+,26?/m0/s1. The molecule has 11 heteroatoms. The first-order valence-electron chi connectivity index (χ1n) is 12.1. The van der Waals surface area contributed by atoms with E-state index in [2.05, 4.69) is 20.1 Å². The molecule has 4 aromatic rings. The van der Waals surface area contributed by atoms with Crippen LogP contribution >= 0.6 is 0 Å². The minimum atomic E-state index is -1.48. The van der Waals surface area contributed by atoms with Crippen LogP contribution in [0.2, 0.25) is 0 Å². The molecule has 37 heavy (non-hydrogen) atoms. The van der Waals surface area contributed by atoms with Gasteiger partial charge < -0.3 is 0 Å². The van der Waals surface area contributed by atoms with Crippen LogP contribution in [0.4, 0.5) is 13.2 Å². The predicted molar refractivity (Wildman–Crippen MR) is 125 cm³/mol. The summed E-state index contributed by atoms with van der Waals surface area (Å²) in [5, 5.41) is 12.4. The third-order valence-electron chi connectivity index (χ3n) is 8.14. The number of halogens is 3.